The molecule has 6 nitrogen and oxygen atoms in total. The Labute approximate surface area is 132 Å². The van der Waals surface area contributed by atoms with Gasteiger partial charge in [-0.05, 0) is 52.5 Å². The van der Waals surface area contributed by atoms with E-state index in [-0.39, 0.29) is 6.09 Å². The molecule has 2 rings (SSSR count). The van der Waals surface area contributed by atoms with Crippen molar-refractivity contribution >= 4 is 6.09 Å². The first kappa shape index (κ1) is 16.8. The summed E-state index contributed by atoms with van der Waals surface area (Å²) in [5.41, 5.74) is 0.492. The Morgan fingerprint density at radius 3 is 2.95 bits per heavy atom. The summed E-state index contributed by atoms with van der Waals surface area (Å²) in [4.78, 5) is 18.0. The van der Waals surface area contributed by atoms with E-state index in [0.29, 0.717) is 5.92 Å². The third kappa shape index (κ3) is 5.67. The van der Waals surface area contributed by atoms with E-state index in [1.165, 1.54) is 6.39 Å². The number of hydrogen-bond donors (Lipinski definition) is 1. The molecule has 0 aromatic carbocycles. The van der Waals surface area contributed by atoms with Gasteiger partial charge in [0, 0.05) is 19.6 Å². The minimum absolute atomic E-state index is 0.191. The summed E-state index contributed by atoms with van der Waals surface area (Å²) in [6.45, 7) is 8.93. The van der Waals surface area contributed by atoms with Crippen LogP contribution in [0.2, 0.25) is 0 Å². The van der Waals surface area contributed by atoms with Gasteiger partial charge in [-0.2, -0.15) is 0 Å². The lowest BCUT2D eigenvalue weighted by Gasteiger charge is -2.26. The highest BCUT2D eigenvalue weighted by Crippen LogP contribution is 2.19. The molecule has 1 N–H and O–H groups in total. The second kappa shape index (κ2) is 7.63. The zero-order valence-corrected chi connectivity index (χ0v) is 13.8. The number of carbonyl (C=O) groups excluding carboxylic acids is 1. The van der Waals surface area contributed by atoms with Gasteiger partial charge >= 0.3 is 6.09 Å². The lowest BCUT2D eigenvalue weighted by atomic mass is 10.0. The van der Waals surface area contributed by atoms with Crippen LogP contribution in [-0.2, 0) is 11.3 Å². The number of hydrogen-bond acceptors (Lipinski definition) is 5. The fraction of sp³-hybridized carbons (Fsp3) is 0.750. The largest absolute Gasteiger partial charge is 0.451 e. The number of carbonyl (C=O) groups is 1. The van der Waals surface area contributed by atoms with E-state index in [1.807, 2.05) is 25.7 Å². The highest BCUT2D eigenvalue weighted by atomic mass is 16.6. The molecule has 22 heavy (non-hydrogen) atoms. The van der Waals surface area contributed by atoms with Crippen LogP contribution < -0.4 is 5.32 Å². The summed E-state index contributed by atoms with van der Waals surface area (Å²) >= 11 is 0. The monoisotopic (exact) mass is 309 g/mol. The van der Waals surface area contributed by atoms with Crippen molar-refractivity contribution in [2.24, 2.45) is 5.92 Å². The lowest BCUT2D eigenvalue weighted by Crippen LogP contribution is -2.37. The minimum atomic E-state index is -0.429. The van der Waals surface area contributed by atoms with Crippen LogP contribution in [0.5, 0.6) is 0 Å². The topological polar surface area (TPSA) is 67.6 Å². The molecule has 1 saturated heterocycles. The van der Waals surface area contributed by atoms with Gasteiger partial charge in [0.2, 0.25) is 0 Å². The fourth-order valence-electron chi connectivity index (χ4n) is 2.61. The molecule has 124 valence electrons. The SMILES string of the molecule is CC(C)(C)OC(=O)N1CCCC(CNCc2cocn2)CC1. The molecule has 0 radical (unpaired) electrons. The zero-order chi connectivity index (χ0) is 16.0. The average molecular weight is 309 g/mol. The molecule has 1 fully saturated rings. The van der Waals surface area contributed by atoms with Gasteiger partial charge < -0.3 is 19.4 Å². The van der Waals surface area contributed by atoms with Crippen LogP contribution in [0.25, 0.3) is 0 Å². The molecule has 1 amide bonds. The summed E-state index contributed by atoms with van der Waals surface area (Å²) < 4.78 is 10.4. The number of amides is 1. The van der Waals surface area contributed by atoms with Gasteiger partial charge in [0.05, 0.1) is 5.69 Å². The van der Waals surface area contributed by atoms with E-state index in [1.54, 1.807) is 6.26 Å². The van der Waals surface area contributed by atoms with Crippen molar-refractivity contribution in [3.05, 3.63) is 18.4 Å². The number of oxazole rings is 1. The van der Waals surface area contributed by atoms with Gasteiger partial charge in [-0.15, -0.1) is 0 Å². The summed E-state index contributed by atoms with van der Waals surface area (Å²) in [5, 5.41) is 3.41. The molecule has 1 aromatic rings. The second-order valence-corrected chi connectivity index (χ2v) is 6.88. The molecule has 0 spiro atoms. The predicted molar refractivity (Wildman–Crippen MR) is 83.4 cm³/mol. The highest BCUT2D eigenvalue weighted by Gasteiger charge is 2.25. The normalized spacial score (nSPS) is 19.8. The number of rotatable bonds is 4. The molecule has 1 aromatic heterocycles. The first-order valence-electron chi connectivity index (χ1n) is 8.00. The second-order valence-electron chi connectivity index (χ2n) is 6.88. The predicted octanol–water partition coefficient (Wildman–Crippen LogP) is 2.80. The smallest absolute Gasteiger partial charge is 0.410 e. The molecule has 0 aliphatic carbocycles. The fourth-order valence-corrected chi connectivity index (χ4v) is 2.61. The summed E-state index contributed by atoms with van der Waals surface area (Å²) in [6, 6.07) is 0. The molecule has 0 saturated carbocycles. The Kier molecular flexibility index (Phi) is 5.83. The first-order valence-corrected chi connectivity index (χ1v) is 8.00. The average Bonchev–Trinajstić information content (AvgIpc) is 2.81. The van der Waals surface area contributed by atoms with Crippen LogP contribution in [-0.4, -0.2) is 41.2 Å². The maximum absolute atomic E-state index is 12.1. The standard InChI is InChI=1S/C16H27N3O3/c1-16(2,3)22-15(20)19-7-4-5-13(6-8-19)9-17-10-14-11-21-12-18-14/h11-13,17H,4-10H2,1-3H3. The van der Waals surface area contributed by atoms with Crippen LogP contribution in [0.15, 0.2) is 17.1 Å². The van der Waals surface area contributed by atoms with Gasteiger partial charge in [0.1, 0.15) is 11.9 Å². The van der Waals surface area contributed by atoms with Crippen molar-refractivity contribution in [1.82, 2.24) is 15.2 Å². The van der Waals surface area contributed by atoms with Crippen LogP contribution in [0.3, 0.4) is 0 Å². The van der Waals surface area contributed by atoms with Crippen molar-refractivity contribution in [1.29, 1.82) is 0 Å². The summed E-state index contributed by atoms with van der Waals surface area (Å²) in [5.74, 6) is 0.583. The molecule has 1 atom stereocenters. The van der Waals surface area contributed by atoms with Crippen molar-refractivity contribution in [3.8, 4) is 0 Å². The Morgan fingerprint density at radius 1 is 1.45 bits per heavy atom. The molecule has 1 unspecified atom stereocenters. The number of nitrogens with one attached hydrogen (secondary N) is 1. The Bertz CT molecular complexity index is 454. The van der Waals surface area contributed by atoms with Gasteiger partial charge in [0.25, 0.3) is 0 Å². The van der Waals surface area contributed by atoms with Gasteiger partial charge in [-0.3, -0.25) is 0 Å². The van der Waals surface area contributed by atoms with E-state index in [0.717, 1.165) is 51.1 Å². The van der Waals surface area contributed by atoms with Crippen molar-refractivity contribution < 1.29 is 13.9 Å². The summed E-state index contributed by atoms with van der Waals surface area (Å²) in [7, 11) is 0. The molecule has 1 aliphatic rings. The highest BCUT2D eigenvalue weighted by molar-refractivity contribution is 5.68. The van der Waals surface area contributed by atoms with E-state index in [4.69, 9.17) is 9.15 Å². The van der Waals surface area contributed by atoms with Crippen LogP contribution >= 0.6 is 0 Å². The molecule has 6 heteroatoms. The molecular formula is C16H27N3O3. The van der Waals surface area contributed by atoms with Gasteiger partial charge in [0.15, 0.2) is 6.39 Å². The summed E-state index contributed by atoms with van der Waals surface area (Å²) in [6.07, 6.45) is 6.07. The van der Waals surface area contributed by atoms with Crippen LogP contribution in [0.1, 0.15) is 45.7 Å². The van der Waals surface area contributed by atoms with E-state index >= 15 is 0 Å². The van der Waals surface area contributed by atoms with Gasteiger partial charge in [-0.1, -0.05) is 0 Å². The van der Waals surface area contributed by atoms with Gasteiger partial charge in [-0.25, -0.2) is 9.78 Å². The Morgan fingerprint density at radius 2 is 2.27 bits per heavy atom. The molecule has 2 heterocycles. The van der Waals surface area contributed by atoms with Crippen molar-refractivity contribution in [3.63, 3.8) is 0 Å². The van der Waals surface area contributed by atoms with Crippen LogP contribution in [0, 0.1) is 5.92 Å². The van der Waals surface area contributed by atoms with E-state index < -0.39 is 5.60 Å². The third-order valence-electron chi connectivity index (χ3n) is 3.72. The number of nitrogens with zero attached hydrogens (tertiary/aromatic N) is 2. The van der Waals surface area contributed by atoms with Crippen molar-refractivity contribution in [2.45, 2.75) is 52.2 Å². The third-order valence-corrected chi connectivity index (χ3v) is 3.72. The van der Waals surface area contributed by atoms with E-state index in [9.17, 15) is 4.79 Å². The molecular weight excluding hydrogens is 282 g/mol. The Hall–Kier alpha value is -1.56. The maximum Gasteiger partial charge on any atom is 0.410 e. The molecule has 0 bridgehead atoms. The number of ether oxygens (including phenoxy) is 1. The van der Waals surface area contributed by atoms with Crippen LogP contribution in [0.4, 0.5) is 4.79 Å². The quantitative estimate of drug-likeness (QED) is 0.926. The van der Waals surface area contributed by atoms with Crippen molar-refractivity contribution in [2.75, 3.05) is 19.6 Å². The minimum Gasteiger partial charge on any atom is -0.451 e. The first-order chi connectivity index (χ1) is 10.4. The Balaban J connectivity index is 1.71. The maximum atomic E-state index is 12.1. The molecule has 1 aliphatic heterocycles. The number of aromatic nitrogens is 1. The lowest BCUT2D eigenvalue weighted by molar-refractivity contribution is 0.0255. The van der Waals surface area contributed by atoms with E-state index in [2.05, 4.69) is 10.3 Å². The number of likely N-dealkylation sites (tertiary alicyclic amines) is 1. The zero-order valence-electron chi connectivity index (χ0n) is 13.8.